The normalized spacial score (nSPS) is 14.0. The molecule has 1 aromatic heterocycles. The molecule has 1 saturated heterocycles. The monoisotopic (exact) mass is 314 g/mol. The van der Waals surface area contributed by atoms with Crippen LogP contribution in [-0.4, -0.2) is 40.4 Å². The first kappa shape index (κ1) is 15.4. The number of amides is 1. The number of aromatic nitrogens is 2. The Morgan fingerprint density at radius 1 is 1.17 bits per heavy atom. The number of benzene rings is 1. The number of carbonyl (C=O) groups is 1. The van der Waals surface area contributed by atoms with Gasteiger partial charge in [0.15, 0.2) is 0 Å². The second kappa shape index (κ2) is 7.17. The summed E-state index contributed by atoms with van der Waals surface area (Å²) in [4.78, 5) is 22.3. The van der Waals surface area contributed by atoms with Crippen molar-refractivity contribution in [2.45, 2.75) is 19.3 Å². The zero-order chi connectivity index (χ0) is 16.1. The van der Waals surface area contributed by atoms with Gasteiger partial charge < -0.3 is 10.2 Å². The molecule has 1 N–H and O–H groups in total. The highest BCUT2D eigenvalue weighted by Gasteiger charge is 2.20. The summed E-state index contributed by atoms with van der Waals surface area (Å²) in [6, 6.07) is 8.11. The minimum absolute atomic E-state index is 0.0357. The molecule has 0 unspecified atom stereocenters. The molecule has 5 nitrogen and oxygen atoms in total. The van der Waals surface area contributed by atoms with Gasteiger partial charge in [0.25, 0.3) is 5.91 Å². The predicted octanol–water partition coefficient (Wildman–Crippen LogP) is 2.51. The van der Waals surface area contributed by atoms with Gasteiger partial charge in [-0.05, 0) is 37.0 Å². The number of nitrogens with one attached hydrogen (secondary N) is 1. The second-order valence-corrected chi connectivity index (χ2v) is 5.59. The van der Waals surface area contributed by atoms with Crippen molar-refractivity contribution in [2.24, 2.45) is 0 Å². The molecule has 0 radical (unpaired) electrons. The molecule has 1 aromatic carbocycles. The molecule has 120 valence electrons. The van der Waals surface area contributed by atoms with Gasteiger partial charge >= 0.3 is 0 Å². The SMILES string of the molecule is O=C(c1cc(NCCc2ccc(F)cc2)ncn1)N1CCCC1. The van der Waals surface area contributed by atoms with Gasteiger partial charge in [-0.15, -0.1) is 0 Å². The third kappa shape index (κ3) is 4.03. The van der Waals surface area contributed by atoms with E-state index in [2.05, 4.69) is 15.3 Å². The maximum absolute atomic E-state index is 12.9. The fourth-order valence-corrected chi connectivity index (χ4v) is 2.64. The van der Waals surface area contributed by atoms with Crippen molar-refractivity contribution in [2.75, 3.05) is 25.0 Å². The lowest BCUT2D eigenvalue weighted by molar-refractivity contribution is 0.0787. The minimum Gasteiger partial charge on any atom is -0.370 e. The first-order valence-electron chi connectivity index (χ1n) is 7.82. The Morgan fingerprint density at radius 3 is 2.65 bits per heavy atom. The van der Waals surface area contributed by atoms with Gasteiger partial charge in [0.1, 0.15) is 23.7 Å². The van der Waals surface area contributed by atoms with E-state index in [1.807, 2.05) is 4.90 Å². The van der Waals surface area contributed by atoms with Crippen LogP contribution in [0.3, 0.4) is 0 Å². The lowest BCUT2D eigenvalue weighted by Crippen LogP contribution is -2.28. The van der Waals surface area contributed by atoms with Crippen LogP contribution in [0.5, 0.6) is 0 Å². The van der Waals surface area contributed by atoms with Crippen LogP contribution in [0, 0.1) is 5.82 Å². The van der Waals surface area contributed by atoms with Crippen molar-refractivity contribution in [3.05, 3.63) is 53.7 Å². The van der Waals surface area contributed by atoms with E-state index < -0.39 is 0 Å². The fourth-order valence-electron chi connectivity index (χ4n) is 2.64. The van der Waals surface area contributed by atoms with E-state index in [1.165, 1.54) is 18.5 Å². The molecule has 2 heterocycles. The minimum atomic E-state index is -0.234. The molecule has 0 saturated carbocycles. The van der Waals surface area contributed by atoms with Crippen LogP contribution in [0.15, 0.2) is 36.7 Å². The molecule has 6 heteroatoms. The van der Waals surface area contributed by atoms with E-state index in [0.29, 0.717) is 18.1 Å². The molecule has 0 atom stereocenters. The van der Waals surface area contributed by atoms with E-state index in [4.69, 9.17) is 0 Å². The van der Waals surface area contributed by atoms with Gasteiger partial charge in [-0.2, -0.15) is 0 Å². The summed E-state index contributed by atoms with van der Waals surface area (Å²) in [7, 11) is 0. The van der Waals surface area contributed by atoms with Crippen LogP contribution in [0.1, 0.15) is 28.9 Å². The molecule has 3 rings (SSSR count). The van der Waals surface area contributed by atoms with Crippen LogP contribution in [-0.2, 0) is 6.42 Å². The Balaban J connectivity index is 1.56. The predicted molar refractivity (Wildman–Crippen MR) is 85.8 cm³/mol. The first-order chi connectivity index (χ1) is 11.2. The summed E-state index contributed by atoms with van der Waals surface area (Å²) < 4.78 is 12.9. The van der Waals surface area contributed by atoms with Gasteiger partial charge in [-0.25, -0.2) is 14.4 Å². The molecule has 1 amide bonds. The fraction of sp³-hybridized carbons (Fsp3) is 0.353. The Labute approximate surface area is 134 Å². The standard InChI is InChI=1S/C17H19FN4O/c18-14-5-3-13(4-6-14)7-8-19-16-11-15(20-12-21-16)17(23)22-9-1-2-10-22/h3-6,11-12H,1-2,7-10H2,(H,19,20,21). The summed E-state index contributed by atoms with van der Waals surface area (Å²) >= 11 is 0. The Kier molecular flexibility index (Phi) is 4.80. The van der Waals surface area contributed by atoms with Crippen LogP contribution < -0.4 is 5.32 Å². The number of hydrogen-bond acceptors (Lipinski definition) is 4. The van der Waals surface area contributed by atoms with Crippen molar-refractivity contribution in [3.8, 4) is 0 Å². The molecule has 1 aliphatic rings. The van der Waals surface area contributed by atoms with Gasteiger partial charge in [-0.1, -0.05) is 12.1 Å². The average Bonchev–Trinajstić information content (AvgIpc) is 3.11. The van der Waals surface area contributed by atoms with Crippen molar-refractivity contribution in [1.82, 2.24) is 14.9 Å². The zero-order valence-corrected chi connectivity index (χ0v) is 12.8. The Hall–Kier alpha value is -2.50. The number of halogens is 1. The first-order valence-corrected chi connectivity index (χ1v) is 7.82. The lowest BCUT2D eigenvalue weighted by Gasteiger charge is -2.14. The largest absolute Gasteiger partial charge is 0.370 e. The third-order valence-corrected chi connectivity index (χ3v) is 3.91. The summed E-state index contributed by atoms with van der Waals surface area (Å²) in [5.41, 5.74) is 1.47. The molecule has 1 fully saturated rings. The van der Waals surface area contributed by atoms with E-state index in [0.717, 1.165) is 37.9 Å². The van der Waals surface area contributed by atoms with E-state index in [1.54, 1.807) is 18.2 Å². The van der Waals surface area contributed by atoms with Gasteiger partial charge in [-0.3, -0.25) is 4.79 Å². The summed E-state index contributed by atoms with van der Waals surface area (Å²) in [5, 5.41) is 3.18. The third-order valence-electron chi connectivity index (χ3n) is 3.91. The van der Waals surface area contributed by atoms with Crippen LogP contribution in [0.4, 0.5) is 10.2 Å². The second-order valence-electron chi connectivity index (χ2n) is 5.59. The maximum Gasteiger partial charge on any atom is 0.272 e. The van der Waals surface area contributed by atoms with Crippen molar-refractivity contribution in [1.29, 1.82) is 0 Å². The lowest BCUT2D eigenvalue weighted by atomic mass is 10.1. The van der Waals surface area contributed by atoms with Gasteiger partial charge in [0.05, 0.1) is 0 Å². The quantitative estimate of drug-likeness (QED) is 0.921. The van der Waals surface area contributed by atoms with E-state index in [-0.39, 0.29) is 11.7 Å². The molecule has 0 bridgehead atoms. The van der Waals surface area contributed by atoms with Gasteiger partial charge in [0, 0.05) is 25.7 Å². The smallest absolute Gasteiger partial charge is 0.272 e. The van der Waals surface area contributed by atoms with Crippen LogP contribution in [0.25, 0.3) is 0 Å². The summed E-state index contributed by atoms with van der Waals surface area (Å²) in [6.07, 6.45) is 4.27. The van der Waals surface area contributed by atoms with Crippen molar-refractivity contribution < 1.29 is 9.18 Å². The zero-order valence-electron chi connectivity index (χ0n) is 12.8. The molecule has 0 spiro atoms. The number of rotatable bonds is 5. The average molecular weight is 314 g/mol. The number of nitrogens with zero attached hydrogens (tertiary/aromatic N) is 3. The Bertz CT molecular complexity index is 669. The highest BCUT2D eigenvalue weighted by atomic mass is 19.1. The topological polar surface area (TPSA) is 58.1 Å². The Morgan fingerprint density at radius 2 is 1.91 bits per heavy atom. The van der Waals surface area contributed by atoms with E-state index >= 15 is 0 Å². The number of likely N-dealkylation sites (tertiary alicyclic amines) is 1. The number of anilines is 1. The molecule has 23 heavy (non-hydrogen) atoms. The maximum atomic E-state index is 12.9. The van der Waals surface area contributed by atoms with Crippen LogP contribution >= 0.6 is 0 Å². The van der Waals surface area contributed by atoms with E-state index in [9.17, 15) is 9.18 Å². The highest BCUT2D eigenvalue weighted by Crippen LogP contribution is 2.13. The molecular weight excluding hydrogens is 295 g/mol. The number of hydrogen-bond donors (Lipinski definition) is 1. The molecule has 2 aromatic rings. The summed E-state index contributed by atoms with van der Waals surface area (Å²) in [6.45, 7) is 2.26. The van der Waals surface area contributed by atoms with Crippen molar-refractivity contribution >= 4 is 11.7 Å². The molecule has 0 aliphatic carbocycles. The number of carbonyl (C=O) groups excluding carboxylic acids is 1. The molecular formula is C17H19FN4O. The van der Waals surface area contributed by atoms with Crippen molar-refractivity contribution in [3.63, 3.8) is 0 Å². The van der Waals surface area contributed by atoms with Crippen LogP contribution in [0.2, 0.25) is 0 Å². The highest BCUT2D eigenvalue weighted by molar-refractivity contribution is 5.93. The summed E-state index contributed by atoms with van der Waals surface area (Å²) in [5.74, 6) is 0.360. The molecule has 1 aliphatic heterocycles. The van der Waals surface area contributed by atoms with Gasteiger partial charge in [0.2, 0.25) is 0 Å².